The minimum absolute atomic E-state index is 0.219. The predicted molar refractivity (Wildman–Crippen MR) is 83.0 cm³/mol. The van der Waals surface area contributed by atoms with Crippen molar-refractivity contribution in [3.63, 3.8) is 0 Å². The standard InChI is InChI=1S/C15H23BrN2O2/c1-11(2)7-17-8-12-6-13(16)9-18-15(12)20-10-14-4-3-5-19-14/h6,9,11,14,17H,3-5,7-8,10H2,1-2H3. The number of halogens is 1. The van der Waals surface area contributed by atoms with Crippen LogP contribution in [0.25, 0.3) is 0 Å². The largest absolute Gasteiger partial charge is 0.475 e. The van der Waals surface area contributed by atoms with Gasteiger partial charge in [0.05, 0.1) is 6.10 Å². The van der Waals surface area contributed by atoms with E-state index in [0.717, 1.165) is 42.6 Å². The molecule has 2 heterocycles. The molecule has 0 spiro atoms. The zero-order valence-corrected chi connectivity index (χ0v) is 13.8. The van der Waals surface area contributed by atoms with Crippen molar-refractivity contribution < 1.29 is 9.47 Å². The molecule has 5 heteroatoms. The molecule has 0 bridgehead atoms. The number of hydrogen-bond donors (Lipinski definition) is 1. The van der Waals surface area contributed by atoms with Gasteiger partial charge in [-0.05, 0) is 47.3 Å². The van der Waals surface area contributed by atoms with Crippen molar-refractivity contribution in [2.75, 3.05) is 19.8 Å². The number of hydrogen-bond acceptors (Lipinski definition) is 4. The number of aromatic nitrogens is 1. The number of nitrogens with zero attached hydrogens (tertiary/aromatic N) is 1. The van der Waals surface area contributed by atoms with Gasteiger partial charge in [0.25, 0.3) is 0 Å². The second kappa shape index (κ2) is 7.96. The van der Waals surface area contributed by atoms with Crippen LogP contribution < -0.4 is 10.1 Å². The van der Waals surface area contributed by atoms with E-state index >= 15 is 0 Å². The molecule has 1 fully saturated rings. The van der Waals surface area contributed by atoms with Crippen LogP contribution in [0.4, 0.5) is 0 Å². The molecule has 1 unspecified atom stereocenters. The number of ether oxygens (including phenoxy) is 2. The minimum atomic E-state index is 0.219. The van der Waals surface area contributed by atoms with E-state index in [4.69, 9.17) is 9.47 Å². The Morgan fingerprint density at radius 3 is 3.10 bits per heavy atom. The first-order valence-electron chi connectivity index (χ1n) is 7.24. The highest BCUT2D eigenvalue weighted by atomic mass is 79.9. The molecule has 0 aliphatic carbocycles. The maximum atomic E-state index is 5.84. The topological polar surface area (TPSA) is 43.4 Å². The Kier molecular flexibility index (Phi) is 6.26. The average molecular weight is 343 g/mol. The van der Waals surface area contributed by atoms with Gasteiger partial charge < -0.3 is 14.8 Å². The van der Waals surface area contributed by atoms with Crippen molar-refractivity contribution in [2.24, 2.45) is 5.92 Å². The highest BCUT2D eigenvalue weighted by molar-refractivity contribution is 9.10. The molecule has 2 rings (SSSR count). The third-order valence-electron chi connectivity index (χ3n) is 3.19. The van der Waals surface area contributed by atoms with Gasteiger partial charge >= 0.3 is 0 Å². The normalized spacial score (nSPS) is 18.7. The lowest BCUT2D eigenvalue weighted by Gasteiger charge is -2.15. The summed E-state index contributed by atoms with van der Waals surface area (Å²) in [4.78, 5) is 4.37. The van der Waals surface area contributed by atoms with Gasteiger partial charge in [-0.15, -0.1) is 0 Å². The Labute approximate surface area is 129 Å². The molecule has 1 aromatic heterocycles. The lowest BCUT2D eigenvalue weighted by Crippen LogP contribution is -2.21. The molecular formula is C15H23BrN2O2. The Morgan fingerprint density at radius 1 is 1.55 bits per heavy atom. The first kappa shape index (κ1) is 15.7. The molecule has 1 aliphatic rings. The fraction of sp³-hybridized carbons (Fsp3) is 0.667. The summed E-state index contributed by atoms with van der Waals surface area (Å²) in [5.41, 5.74) is 1.08. The summed E-state index contributed by atoms with van der Waals surface area (Å²) in [6, 6.07) is 2.06. The van der Waals surface area contributed by atoms with Gasteiger partial charge in [0.15, 0.2) is 0 Å². The van der Waals surface area contributed by atoms with Crippen LogP contribution in [0, 0.1) is 5.92 Å². The van der Waals surface area contributed by atoms with E-state index in [-0.39, 0.29) is 6.10 Å². The molecule has 1 saturated heterocycles. The van der Waals surface area contributed by atoms with Gasteiger partial charge in [0, 0.05) is 29.4 Å². The van der Waals surface area contributed by atoms with Crippen molar-refractivity contribution >= 4 is 15.9 Å². The van der Waals surface area contributed by atoms with Gasteiger partial charge in [-0.25, -0.2) is 4.98 Å². The fourth-order valence-corrected chi connectivity index (χ4v) is 2.55. The zero-order chi connectivity index (χ0) is 14.4. The van der Waals surface area contributed by atoms with Crippen LogP contribution in [0.2, 0.25) is 0 Å². The van der Waals surface area contributed by atoms with Crippen molar-refractivity contribution in [2.45, 2.75) is 39.3 Å². The second-order valence-electron chi connectivity index (χ2n) is 5.59. The van der Waals surface area contributed by atoms with E-state index in [1.54, 1.807) is 6.20 Å². The highest BCUT2D eigenvalue weighted by Gasteiger charge is 2.17. The van der Waals surface area contributed by atoms with E-state index in [0.29, 0.717) is 18.4 Å². The van der Waals surface area contributed by atoms with Gasteiger partial charge in [-0.2, -0.15) is 0 Å². The summed E-state index contributed by atoms with van der Waals surface area (Å²) in [5, 5.41) is 3.42. The molecule has 20 heavy (non-hydrogen) atoms. The van der Waals surface area contributed by atoms with Gasteiger partial charge in [-0.3, -0.25) is 0 Å². The molecule has 0 saturated carbocycles. The quantitative estimate of drug-likeness (QED) is 0.826. The summed E-state index contributed by atoms with van der Waals surface area (Å²) in [6.07, 6.45) is 4.20. The van der Waals surface area contributed by atoms with Crippen LogP contribution in [0.3, 0.4) is 0 Å². The van der Waals surface area contributed by atoms with Crippen LogP contribution in [-0.4, -0.2) is 30.8 Å². The summed E-state index contributed by atoms with van der Waals surface area (Å²) < 4.78 is 12.4. The first-order valence-corrected chi connectivity index (χ1v) is 8.04. The SMILES string of the molecule is CC(C)CNCc1cc(Br)cnc1OCC1CCCO1. The third kappa shape index (κ3) is 5.04. The molecule has 0 amide bonds. The molecule has 1 aromatic rings. The van der Waals surface area contributed by atoms with Crippen molar-refractivity contribution in [3.8, 4) is 5.88 Å². The van der Waals surface area contributed by atoms with Crippen LogP contribution in [0.15, 0.2) is 16.7 Å². The highest BCUT2D eigenvalue weighted by Crippen LogP contribution is 2.21. The van der Waals surface area contributed by atoms with E-state index in [1.807, 2.05) is 0 Å². The van der Waals surface area contributed by atoms with E-state index in [9.17, 15) is 0 Å². The van der Waals surface area contributed by atoms with Gasteiger partial charge in [0.2, 0.25) is 5.88 Å². The molecule has 1 aliphatic heterocycles. The monoisotopic (exact) mass is 342 g/mol. The van der Waals surface area contributed by atoms with E-state index < -0.39 is 0 Å². The van der Waals surface area contributed by atoms with Gasteiger partial charge in [-0.1, -0.05) is 13.8 Å². The number of rotatable bonds is 7. The first-order chi connectivity index (χ1) is 9.65. The Balaban J connectivity index is 1.91. The summed E-state index contributed by atoms with van der Waals surface area (Å²) in [7, 11) is 0. The van der Waals surface area contributed by atoms with Crippen LogP contribution >= 0.6 is 15.9 Å². The molecular weight excluding hydrogens is 320 g/mol. The van der Waals surface area contributed by atoms with Crippen molar-refractivity contribution in [1.29, 1.82) is 0 Å². The average Bonchev–Trinajstić information content (AvgIpc) is 2.90. The van der Waals surface area contributed by atoms with Crippen LogP contribution in [-0.2, 0) is 11.3 Å². The predicted octanol–water partition coefficient (Wildman–Crippen LogP) is 3.15. The molecule has 0 aromatic carbocycles. The Morgan fingerprint density at radius 2 is 2.40 bits per heavy atom. The minimum Gasteiger partial charge on any atom is -0.475 e. The Hall–Kier alpha value is -0.650. The molecule has 1 atom stereocenters. The fourth-order valence-electron chi connectivity index (χ4n) is 2.17. The maximum Gasteiger partial charge on any atom is 0.217 e. The van der Waals surface area contributed by atoms with E-state index in [2.05, 4.69) is 46.1 Å². The maximum absolute atomic E-state index is 5.84. The molecule has 112 valence electrons. The molecule has 4 nitrogen and oxygen atoms in total. The number of pyridine rings is 1. The summed E-state index contributed by atoms with van der Waals surface area (Å²) >= 11 is 3.46. The zero-order valence-electron chi connectivity index (χ0n) is 12.2. The Bertz CT molecular complexity index is 420. The van der Waals surface area contributed by atoms with E-state index in [1.165, 1.54) is 0 Å². The summed E-state index contributed by atoms with van der Waals surface area (Å²) in [5.74, 6) is 1.34. The lowest BCUT2D eigenvalue weighted by molar-refractivity contribution is 0.0659. The van der Waals surface area contributed by atoms with Crippen molar-refractivity contribution in [3.05, 3.63) is 22.3 Å². The number of nitrogens with one attached hydrogen (secondary N) is 1. The smallest absolute Gasteiger partial charge is 0.217 e. The second-order valence-corrected chi connectivity index (χ2v) is 6.50. The summed E-state index contributed by atoms with van der Waals surface area (Å²) in [6.45, 7) is 7.58. The van der Waals surface area contributed by atoms with Crippen molar-refractivity contribution in [1.82, 2.24) is 10.3 Å². The van der Waals surface area contributed by atoms with Gasteiger partial charge in [0.1, 0.15) is 6.61 Å². The lowest BCUT2D eigenvalue weighted by atomic mass is 10.2. The van der Waals surface area contributed by atoms with Crippen LogP contribution in [0.1, 0.15) is 32.3 Å². The molecule has 1 N–H and O–H groups in total. The third-order valence-corrected chi connectivity index (χ3v) is 3.62. The molecule has 0 radical (unpaired) electrons. The van der Waals surface area contributed by atoms with Crippen LogP contribution in [0.5, 0.6) is 5.88 Å².